The van der Waals surface area contributed by atoms with E-state index in [1.807, 2.05) is 20.8 Å². The van der Waals surface area contributed by atoms with Gasteiger partial charge < -0.3 is 15.8 Å². The molecule has 2 rings (SSSR count). The van der Waals surface area contributed by atoms with Gasteiger partial charge in [-0.1, -0.05) is 12.8 Å². The Morgan fingerprint density at radius 3 is 2.29 bits per heavy atom. The summed E-state index contributed by atoms with van der Waals surface area (Å²) in [5.74, 6) is 0.456. The molecule has 0 unspecified atom stereocenters. The molecule has 0 spiro atoms. The fourth-order valence-electron chi connectivity index (χ4n) is 2.95. The molecule has 3 N–H and O–H groups in total. The van der Waals surface area contributed by atoms with E-state index < -0.39 is 5.60 Å². The minimum absolute atomic E-state index is 0.0816. The smallest absolute Gasteiger partial charge is 0.408 e. The molecule has 98 valence electrons. The maximum atomic E-state index is 11.9. The molecule has 2 aliphatic carbocycles. The van der Waals surface area contributed by atoms with E-state index in [-0.39, 0.29) is 17.7 Å². The number of carbonyl (C=O) groups excluding carboxylic acids is 1. The van der Waals surface area contributed by atoms with Crippen molar-refractivity contribution in [3.8, 4) is 0 Å². The van der Waals surface area contributed by atoms with Crippen LogP contribution in [0.1, 0.15) is 52.9 Å². The summed E-state index contributed by atoms with van der Waals surface area (Å²) in [5, 5.41) is 3.10. The number of carbonyl (C=O) groups is 1. The Bertz CT molecular complexity index is 303. The summed E-state index contributed by atoms with van der Waals surface area (Å²) >= 11 is 0. The van der Waals surface area contributed by atoms with Crippen molar-refractivity contribution in [2.45, 2.75) is 70.1 Å². The summed E-state index contributed by atoms with van der Waals surface area (Å²) in [6.07, 6.45) is 5.20. The van der Waals surface area contributed by atoms with Crippen molar-refractivity contribution in [2.24, 2.45) is 11.7 Å². The number of hydrogen-bond donors (Lipinski definition) is 2. The monoisotopic (exact) mass is 240 g/mol. The van der Waals surface area contributed by atoms with Gasteiger partial charge in [-0.25, -0.2) is 4.79 Å². The van der Waals surface area contributed by atoms with Crippen LogP contribution in [-0.2, 0) is 4.74 Å². The van der Waals surface area contributed by atoms with Gasteiger partial charge in [0.15, 0.2) is 0 Å². The van der Waals surface area contributed by atoms with E-state index in [9.17, 15) is 4.79 Å². The molecule has 0 saturated heterocycles. The summed E-state index contributed by atoms with van der Waals surface area (Å²) in [7, 11) is 0. The Hall–Kier alpha value is -0.770. The quantitative estimate of drug-likeness (QED) is 0.777. The van der Waals surface area contributed by atoms with Crippen molar-refractivity contribution in [2.75, 3.05) is 0 Å². The first-order valence-corrected chi connectivity index (χ1v) is 6.59. The molecule has 0 bridgehead atoms. The van der Waals surface area contributed by atoms with Gasteiger partial charge in [0.1, 0.15) is 5.60 Å². The first-order valence-electron chi connectivity index (χ1n) is 6.59. The van der Waals surface area contributed by atoms with Gasteiger partial charge >= 0.3 is 6.09 Å². The first-order chi connectivity index (χ1) is 7.82. The minimum atomic E-state index is -0.435. The number of nitrogens with two attached hydrogens (primary N) is 1. The zero-order chi connectivity index (χ0) is 12.7. The van der Waals surface area contributed by atoms with Crippen molar-refractivity contribution < 1.29 is 9.53 Å². The maximum Gasteiger partial charge on any atom is 0.408 e. The predicted octanol–water partition coefficient (Wildman–Crippen LogP) is 2.17. The topological polar surface area (TPSA) is 64.3 Å². The Morgan fingerprint density at radius 1 is 1.35 bits per heavy atom. The SMILES string of the molecule is CC(C)(C)OC(=O)NC1([C@@H]2C[C@H]2N)CCCC1. The molecule has 2 fully saturated rings. The van der Waals surface area contributed by atoms with Gasteiger partial charge in [-0.15, -0.1) is 0 Å². The van der Waals surface area contributed by atoms with Crippen molar-refractivity contribution in [1.29, 1.82) is 0 Å². The van der Waals surface area contributed by atoms with E-state index >= 15 is 0 Å². The van der Waals surface area contributed by atoms with Gasteiger partial charge in [0.25, 0.3) is 0 Å². The van der Waals surface area contributed by atoms with Crippen molar-refractivity contribution in [3.05, 3.63) is 0 Å². The molecule has 4 heteroatoms. The largest absolute Gasteiger partial charge is 0.444 e. The van der Waals surface area contributed by atoms with Crippen LogP contribution in [0.15, 0.2) is 0 Å². The first kappa shape index (κ1) is 12.7. The molecule has 4 nitrogen and oxygen atoms in total. The van der Waals surface area contributed by atoms with Crippen LogP contribution in [-0.4, -0.2) is 23.3 Å². The lowest BCUT2D eigenvalue weighted by Crippen LogP contribution is -2.51. The maximum absolute atomic E-state index is 11.9. The number of amides is 1. The molecule has 0 aromatic rings. The summed E-state index contributed by atoms with van der Waals surface area (Å²) in [6, 6.07) is 0.267. The second kappa shape index (κ2) is 4.16. The van der Waals surface area contributed by atoms with Crippen LogP contribution in [0.4, 0.5) is 4.79 Å². The van der Waals surface area contributed by atoms with Crippen molar-refractivity contribution >= 4 is 6.09 Å². The summed E-state index contributed by atoms with van der Waals surface area (Å²) in [6.45, 7) is 5.66. The zero-order valence-electron chi connectivity index (χ0n) is 11.1. The molecule has 2 aliphatic rings. The lowest BCUT2D eigenvalue weighted by atomic mass is 9.91. The third-order valence-electron chi connectivity index (χ3n) is 3.80. The number of hydrogen-bond acceptors (Lipinski definition) is 3. The van der Waals surface area contributed by atoms with Gasteiger partial charge in [0, 0.05) is 11.6 Å². The minimum Gasteiger partial charge on any atom is -0.444 e. The molecule has 2 saturated carbocycles. The van der Waals surface area contributed by atoms with E-state index in [0.29, 0.717) is 5.92 Å². The van der Waals surface area contributed by atoms with E-state index in [1.165, 1.54) is 12.8 Å². The molecule has 2 atom stereocenters. The van der Waals surface area contributed by atoms with Crippen LogP contribution < -0.4 is 11.1 Å². The van der Waals surface area contributed by atoms with Gasteiger partial charge in [-0.05, 0) is 46.0 Å². The molecular formula is C13H24N2O2. The highest BCUT2D eigenvalue weighted by molar-refractivity contribution is 5.69. The molecule has 0 aromatic carbocycles. The Labute approximate surface area is 103 Å². The van der Waals surface area contributed by atoms with Gasteiger partial charge in [0.05, 0.1) is 0 Å². The predicted molar refractivity (Wildman–Crippen MR) is 66.7 cm³/mol. The lowest BCUT2D eigenvalue weighted by Gasteiger charge is -2.32. The van der Waals surface area contributed by atoms with Gasteiger partial charge in [-0.3, -0.25) is 0 Å². The highest BCUT2D eigenvalue weighted by Gasteiger charge is 2.53. The number of ether oxygens (including phenoxy) is 1. The average molecular weight is 240 g/mol. The van der Waals surface area contributed by atoms with E-state index in [2.05, 4.69) is 5.32 Å². The van der Waals surface area contributed by atoms with Crippen LogP contribution in [0.3, 0.4) is 0 Å². The van der Waals surface area contributed by atoms with Crippen LogP contribution in [0.5, 0.6) is 0 Å². The number of alkyl carbamates (subject to hydrolysis) is 1. The van der Waals surface area contributed by atoms with Crippen LogP contribution >= 0.6 is 0 Å². The molecule has 0 heterocycles. The Kier molecular flexibility index (Phi) is 3.10. The van der Waals surface area contributed by atoms with Crippen LogP contribution in [0, 0.1) is 5.92 Å². The third kappa shape index (κ3) is 2.92. The van der Waals surface area contributed by atoms with E-state index in [4.69, 9.17) is 10.5 Å². The molecular weight excluding hydrogens is 216 g/mol. The normalized spacial score (nSPS) is 31.1. The van der Waals surface area contributed by atoms with Gasteiger partial charge in [-0.2, -0.15) is 0 Å². The van der Waals surface area contributed by atoms with E-state index in [0.717, 1.165) is 19.3 Å². The molecule has 0 aromatic heterocycles. The van der Waals surface area contributed by atoms with Crippen molar-refractivity contribution in [3.63, 3.8) is 0 Å². The van der Waals surface area contributed by atoms with Crippen LogP contribution in [0.2, 0.25) is 0 Å². The van der Waals surface area contributed by atoms with Crippen LogP contribution in [0.25, 0.3) is 0 Å². The highest BCUT2D eigenvalue weighted by Crippen LogP contribution is 2.47. The highest BCUT2D eigenvalue weighted by atomic mass is 16.6. The van der Waals surface area contributed by atoms with E-state index in [1.54, 1.807) is 0 Å². The fourth-order valence-corrected chi connectivity index (χ4v) is 2.95. The second-order valence-corrected chi connectivity index (χ2v) is 6.50. The molecule has 17 heavy (non-hydrogen) atoms. The van der Waals surface area contributed by atoms with Crippen molar-refractivity contribution in [1.82, 2.24) is 5.32 Å². The number of rotatable bonds is 2. The Morgan fingerprint density at radius 2 is 1.88 bits per heavy atom. The van der Waals surface area contributed by atoms with Gasteiger partial charge in [0.2, 0.25) is 0 Å². The standard InChI is InChI=1S/C13H24N2O2/c1-12(2,3)17-11(16)15-13(6-4-5-7-13)9-8-10(9)14/h9-10H,4-8,14H2,1-3H3,(H,15,16)/t9-,10-/m1/s1. The molecule has 1 amide bonds. The second-order valence-electron chi connectivity index (χ2n) is 6.50. The summed E-state index contributed by atoms with van der Waals surface area (Å²) < 4.78 is 5.35. The Balaban J connectivity index is 1.97. The third-order valence-corrected chi connectivity index (χ3v) is 3.80. The molecule has 0 aliphatic heterocycles. The average Bonchev–Trinajstić information content (AvgIpc) is 2.72. The number of nitrogens with one attached hydrogen (secondary N) is 1. The zero-order valence-corrected chi connectivity index (χ0v) is 11.1. The fraction of sp³-hybridized carbons (Fsp3) is 0.923. The summed E-state index contributed by atoms with van der Waals surface area (Å²) in [4.78, 5) is 11.9. The molecule has 0 radical (unpaired) electrons. The summed E-state index contributed by atoms with van der Waals surface area (Å²) in [5.41, 5.74) is 5.43. The lowest BCUT2D eigenvalue weighted by molar-refractivity contribution is 0.0440.